The third-order valence-corrected chi connectivity index (χ3v) is 10.0. The van der Waals surface area contributed by atoms with Crippen LogP contribution in [0.2, 0.25) is 0 Å². The first kappa shape index (κ1) is 33.3. The highest BCUT2D eigenvalue weighted by molar-refractivity contribution is 6.09. The molecule has 50 heavy (non-hydrogen) atoms. The Bertz CT molecular complexity index is 2280. The summed E-state index contributed by atoms with van der Waals surface area (Å²) >= 11 is 0. The third kappa shape index (κ3) is 6.19. The maximum atomic E-state index is 14.3. The summed E-state index contributed by atoms with van der Waals surface area (Å²) in [6, 6.07) is 27.4. The van der Waals surface area contributed by atoms with Crippen molar-refractivity contribution >= 4 is 21.8 Å². The smallest absolute Gasteiger partial charge is 0.140 e. The lowest BCUT2D eigenvalue weighted by molar-refractivity contribution is 0.483. The van der Waals surface area contributed by atoms with Gasteiger partial charge < -0.3 is 4.74 Å². The number of fused-ring (bicyclic) bond motifs is 3. The van der Waals surface area contributed by atoms with Gasteiger partial charge in [0.1, 0.15) is 23.1 Å². The maximum absolute atomic E-state index is 14.3. The Balaban J connectivity index is 1.26. The van der Waals surface area contributed by atoms with Gasteiger partial charge in [0.25, 0.3) is 0 Å². The van der Waals surface area contributed by atoms with Crippen LogP contribution in [0.4, 0.5) is 4.39 Å². The van der Waals surface area contributed by atoms with Crippen molar-refractivity contribution in [1.82, 2.24) is 19.3 Å². The highest BCUT2D eigenvalue weighted by Crippen LogP contribution is 2.43. The second-order valence-corrected chi connectivity index (χ2v) is 13.7. The van der Waals surface area contributed by atoms with E-state index in [2.05, 4.69) is 77.0 Å². The van der Waals surface area contributed by atoms with E-state index in [-0.39, 0.29) is 5.82 Å². The Morgan fingerprint density at radius 2 is 1.44 bits per heavy atom. The van der Waals surface area contributed by atoms with Gasteiger partial charge in [-0.2, -0.15) is 5.10 Å². The molecular formula is C44H45FN4O. The monoisotopic (exact) mass is 664 g/mol. The van der Waals surface area contributed by atoms with Crippen LogP contribution < -0.4 is 4.74 Å². The van der Waals surface area contributed by atoms with Crippen molar-refractivity contribution < 1.29 is 9.13 Å². The molecule has 0 saturated heterocycles. The van der Waals surface area contributed by atoms with E-state index < -0.39 is 0 Å². The number of halogens is 1. The highest BCUT2D eigenvalue weighted by Gasteiger charge is 2.24. The summed E-state index contributed by atoms with van der Waals surface area (Å²) in [5.74, 6) is 2.48. The minimum atomic E-state index is -0.331. The van der Waals surface area contributed by atoms with Crippen molar-refractivity contribution in [3.8, 4) is 34.1 Å². The fourth-order valence-electron chi connectivity index (χ4n) is 7.95. The summed E-state index contributed by atoms with van der Waals surface area (Å²) in [6.07, 6.45) is 10.3. The van der Waals surface area contributed by atoms with Crippen LogP contribution in [0.3, 0.4) is 0 Å². The minimum Gasteiger partial charge on any atom is -0.457 e. The lowest BCUT2D eigenvalue weighted by Gasteiger charge is -2.26. The van der Waals surface area contributed by atoms with Crippen molar-refractivity contribution in [3.05, 3.63) is 132 Å². The summed E-state index contributed by atoms with van der Waals surface area (Å²) in [7, 11) is 0. The molecule has 0 saturated carbocycles. The SMILES string of the molecule is CCCC(C)c1c(C)cc(C)c(C(C)CCC)c1-c1cnn(-c2cccc(Oc3ccc4c5ccccc5n(-c5cc(F)ccn5)c4c3)c2)c1. The van der Waals surface area contributed by atoms with Crippen LogP contribution >= 0.6 is 0 Å². The fourth-order valence-corrected chi connectivity index (χ4v) is 7.95. The van der Waals surface area contributed by atoms with Gasteiger partial charge in [-0.1, -0.05) is 70.9 Å². The Morgan fingerprint density at radius 1 is 0.740 bits per heavy atom. The number of hydrogen-bond acceptors (Lipinski definition) is 3. The van der Waals surface area contributed by atoms with E-state index in [4.69, 9.17) is 9.84 Å². The van der Waals surface area contributed by atoms with Crippen molar-refractivity contribution in [1.29, 1.82) is 0 Å². The molecule has 0 spiro atoms. The molecule has 0 aliphatic heterocycles. The Kier molecular flexibility index (Phi) is 9.28. The van der Waals surface area contributed by atoms with Gasteiger partial charge in [0, 0.05) is 46.9 Å². The molecule has 0 bridgehead atoms. The van der Waals surface area contributed by atoms with Gasteiger partial charge in [-0.25, -0.2) is 14.1 Å². The summed E-state index contributed by atoms with van der Waals surface area (Å²) < 4.78 is 24.8. The number of rotatable bonds is 11. The molecule has 7 rings (SSSR count). The van der Waals surface area contributed by atoms with Gasteiger partial charge >= 0.3 is 0 Å². The van der Waals surface area contributed by atoms with Crippen molar-refractivity contribution in [3.63, 3.8) is 0 Å². The molecule has 5 nitrogen and oxygen atoms in total. The summed E-state index contributed by atoms with van der Waals surface area (Å²) in [4.78, 5) is 4.50. The second-order valence-electron chi connectivity index (χ2n) is 13.7. The molecule has 0 amide bonds. The standard InChI is InChI=1S/C44H45FN4O/c1-7-12-28(3)42-30(5)22-31(6)43(29(4)13-8-2)44(42)32-26-47-48(27-32)34-14-11-15-35(24-34)50-36-18-19-38-37-16-9-10-17-39(37)49(40(38)25-36)41-23-33(45)20-21-46-41/h9-11,14-29H,7-8,12-13H2,1-6H3. The number of hydrogen-bond donors (Lipinski definition) is 0. The first-order valence-electron chi connectivity index (χ1n) is 17.9. The van der Waals surface area contributed by atoms with E-state index in [1.54, 1.807) is 0 Å². The normalized spacial score (nSPS) is 12.9. The van der Waals surface area contributed by atoms with E-state index in [1.165, 1.54) is 46.1 Å². The predicted octanol–water partition coefficient (Wildman–Crippen LogP) is 12.4. The molecule has 0 aliphatic carbocycles. The molecule has 0 radical (unpaired) electrons. The zero-order valence-electron chi connectivity index (χ0n) is 29.9. The molecular weight excluding hydrogens is 620 g/mol. The number of ether oxygens (including phenoxy) is 1. The number of nitrogens with zero attached hydrogens (tertiary/aromatic N) is 4. The van der Waals surface area contributed by atoms with Crippen molar-refractivity contribution in [2.24, 2.45) is 0 Å². The third-order valence-electron chi connectivity index (χ3n) is 10.0. The largest absolute Gasteiger partial charge is 0.457 e. The Morgan fingerprint density at radius 3 is 2.16 bits per heavy atom. The van der Waals surface area contributed by atoms with Gasteiger partial charge in [-0.15, -0.1) is 0 Å². The molecule has 7 aromatic rings. The van der Waals surface area contributed by atoms with Crippen molar-refractivity contribution in [2.45, 2.75) is 79.1 Å². The second kappa shape index (κ2) is 13.9. The maximum Gasteiger partial charge on any atom is 0.140 e. The van der Waals surface area contributed by atoms with Gasteiger partial charge in [0.15, 0.2) is 0 Å². The zero-order chi connectivity index (χ0) is 34.9. The number of benzene rings is 4. The van der Waals surface area contributed by atoms with Crippen LogP contribution in [0.5, 0.6) is 11.5 Å². The molecule has 4 aromatic carbocycles. The average molecular weight is 665 g/mol. The van der Waals surface area contributed by atoms with E-state index in [0.29, 0.717) is 29.2 Å². The van der Waals surface area contributed by atoms with Crippen molar-refractivity contribution in [2.75, 3.05) is 0 Å². The molecule has 0 N–H and O–H groups in total. The van der Waals surface area contributed by atoms with E-state index in [0.717, 1.165) is 58.7 Å². The topological polar surface area (TPSA) is 44.9 Å². The zero-order valence-corrected chi connectivity index (χ0v) is 29.9. The molecule has 6 heteroatoms. The first-order valence-corrected chi connectivity index (χ1v) is 17.9. The first-order chi connectivity index (χ1) is 24.3. The highest BCUT2D eigenvalue weighted by atomic mass is 19.1. The van der Waals surface area contributed by atoms with E-state index in [9.17, 15) is 4.39 Å². The summed E-state index contributed by atoms with van der Waals surface area (Å²) in [5.41, 5.74) is 10.9. The summed E-state index contributed by atoms with van der Waals surface area (Å²) in [5, 5.41) is 7.02. The van der Waals surface area contributed by atoms with Gasteiger partial charge in [-0.05, 0) is 103 Å². The Hall–Kier alpha value is -5.23. The summed E-state index contributed by atoms with van der Waals surface area (Å²) in [6.45, 7) is 13.8. The Labute approximate surface area is 294 Å². The van der Waals surface area contributed by atoms with Crippen LogP contribution in [0.25, 0.3) is 44.4 Å². The van der Waals surface area contributed by atoms with Crippen LogP contribution in [0, 0.1) is 19.7 Å². The lowest BCUT2D eigenvalue weighted by Crippen LogP contribution is -2.08. The van der Waals surface area contributed by atoms with Gasteiger partial charge in [0.05, 0.1) is 22.9 Å². The van der Waals surface area contributed by atoms with E-state index >= 15 is 0 Å². The van der Waals surface area contributed by atoms with Crippen LogP contribution in [0.1, 0.15) is 87.5 Å². The average Bonchev–Trinajstić information content (AvgIpc) is 3.71. The van der Waals surface area contributed by atoms with Crippen LogP contribution in [-0.4, -0.2) is 19.3 Å². The van der Waals surface area contributed by atoms with Crippen LogP contribution in [0.15, 0.2) is 104 Å². The molecule has 3 heterocycles. The van der Waals surface area contributed by atoms with Gasteiger partial charge in [-0.3, -0.25) is 4.57 Å². The molecule has 0 aliphatic rings. The van der Waals surface area contributed by atoms with Crippen LogP contribution in [-0.2, 0) is 0 Å². The number of para-hydroxylation sites is 1. The number of aromatic nitrogens is 4. The molecule has 0 fully saturated rings. The van der Waals surface area contributed by atoms with Gasteiger partial charge in [0.2, 0.25) is 0 Å². The van der Waals surface area contributed by atoms with E-state index in [1.807, 2.05) is 64.0 Å². The molecule has 254 valence electrons. The number of pyridine rings is 1. The fraction of sp³-hybridized carbons (Fsp3) is 0.273. The molecule has 3 aromatic heterocycles. The number of aryl methyl sites for hydroxylation is 2. The minimum absolute atomic E-state index is 0.331. The molecule has 2 atom stereocenters. The quantitative estimate of drug-likeness (QED) is 0.138. The lowest BCUT2D eigenvalue weighted by atomic mass is 9.78. The molecule has 2 unspecified atom stereocenters. The predicted molar refractivity (Wildman–Crippen MR) is 204 cm³/mol.